The molecule has 2 heterocycles. The Hall–Kier alpha value is -0.430. The Kier molecular flexibility index (Phi) is 1.72. The van der Waals surface area contributed by atoms with Crippen LogP contribution in [0.1, 0.15) is 12.8 Å². The molecule has 3 atom stereocenters. The zero-order chi connectivity index (χ0) is 10.8. The summed E-state index contributed by atoms with van der Waals surface area (Å²) in [6.07, 6.45) is -9.33. The summed E-state index contributed by atoms with van der Waals surface area (Å²) >= 11 is 0. The van der Waals surface area contributed by atoms with E-state index in [9.17, 15) is 22.0 Å². The topological polar surface area (TPSA) is 29.5 Å². The van der Waals surface area contributed by atoms with Crippen molar-refractivity contribution in [1.82, 2.24) is 0 Å². The monoisotopic (exact) mass is 218 g/mol. The minimum Gasteiger partial charge on any atom is -0.374 e. The van der Waals surface area contributed by atoms with Gasteiger partial charge in [-0.15, -0.1) is 0 Å². The Morgan fingerprint density at radius 3 is 1.93 bits per heavy atom. The van der Waals surface area contributed by atoms with Crippen LogP contribution >= 0.6 is 0 Å². The summed E-state index contributed by atoms with van der Waals surface area (Å²) in [4.78, 5) is 0. The summed E-state index contributed by atoms with van der Waals surface area (Å²) < 4.78 is 67.5. The highest BCUT2D eigenvalue weighted by molar-refractivity contribution is 5.16. The van der Waals surface area contributed by atoms with E-state index in [1.54, 1.807) is 0 Å². The van der Waals surface area contributed by atoms with Crippen molar-refractivity contribution in [3.63, 3.8) is 0 Å². The van der Waals surface area contributed by atoms with Gasteiger partial charge in [0.25, 0.3) is 5.60 Å². The zero-order valence-electron chi connectivity index (χ0n) is 6.81. The third-order valence-electron chi connectivity index (χ3n) is 2.83. The highest BCUT2D eigenvalue weighted by atomic mass is 19.4. The van der Waals surface area contributed by atoms with Crippen molar-refractivity contribution in [2.45, 2.75) is 42.7 Å². The summed E-state index contributed by atoms with van der Waals surface area (Å²) in [5, 5.41) is 9.05. The molecule has 2 nitrogen and oxygen atoms in total. The van der Waals surface area contributed by atoms with Crippen LogP contribution in [0, 0.1) is 0 Å². The summed E-state index contributed by atoms with van der Waals surface area (Å²) in [6, 6.07) is 0. The average molecular weight is 218 g/mol. The molecule has 7 heteroatoms. The molecule has 0 saturated carbocycles. The van der Waals surface area contributed by atoms with Crippen molar-refractivity contribution in [2.24, 2.45) is 0 Å². The van der Waals surface area contributed by atoms with Crippen LogP contribution in [0.5, 0.6) is 0 Å². The molecule has 0 aromatic carbocycles. The maximum Gasteiger partial charge on any atom is 0.425 e. The fourth-order valence-electron chi connectivity index (χ4n) is 2.04. The third kappa shape index (κ3) is 0.869. The average Bonchev–Trinajstić information content (AvgIpc) is 2.52. The van der Waals surface area contributed by atoms with E-state index >= 15 is 0 Å². The summed E-state index contributed by atoms with van der Waals surface area (Å²) in [6.45, 7) is 0. The Morgan fingerprint density at radius 1 is 1.14 bits per heavy atom. The van der Waals surface area contributed by atoms with Crippen molar-refractivity contribution in [1.29, 1.82) is 0 Å². The van der Waals surface area contributed by atoms with Crippen LogP contribution in [0.25, 0.3) is 0 Å². The predicted molar refractivity (Wildman–Crippen MR) is 33.8 cm³/mol. The van der Waals surface area contributed by atoms with Crippen molar-refractivity contribution < 1.29 is 31.8 Å². The smallest absolute Gasteiger partial charge is 0.374 e. The molecular weight excluding hydrogens is 211 g/mol. The van der Waals surface area contributed by atoms with Crippen LogP contribution < -0.4 is 0 Å². The molecule has 0 radical (unpaired) electrons. The van der Waals surface area contributed by atoms with Gasteiger partial charge in [-0.3, -0.25) is 0 Å². The number of fused-ring (bicyclic) bond motifs is 2. The quantitative estimate of drug-likeness (QED) is 0.624. The number of hydrogen-bond donors (Lipinski definition) is 1. The second-order valence-corrected chi connectivity index (χ2v) is 3.58. The Labute approximate surface area is 75.7 Å². The van der Waals surface area contributed by atoms with Gasteiger partial charge < -0.3 is 9.84 Å². The van der Waals surface area contributed by atoms with Crippen LogP contribution in [0.4, 0.5) is 22.0 Å². The second kappa shape index (κ2) is 2.38. The zero-order valence-corrected chi connectivity index (χ0v) is 6.81. The van der Waals surface area contributed by atoms with Crippen molar-refractivity contribution in [3.8, 4) is 0 Å². The fraction of sp³-hybridized carbons (Fsp3) is 1.00. The van der Waals surface area contributed by atoms with Gasteiger partial charge in [-0.2, -0.15) is 22.0 Å². The minimum atomic E-state index is -5.36. The SMILES string of the molecule is OC1(C(F)(F)F)C2CCC(O2)C1(F)F. The van der Waals surface area contributed by atoms with Gasteiger partial charge in [0.1, 0.15) is 12.2 Å². The molecule has 2 aliphatic heterocycles. The molecule has 2 aliphatic rings. The highest BCUT2D eigenvalue weighted by Crippen LogP contribution is 2.57. The molecule has 0 spiro atoms. The van der Waals surface area contributed by atoms with Gasteiger partial charge in [-0.05, 0) is 12.8 Å². The predicted octanol–water partition coefficient (Wildman–Crippen LogP) is 1.48. The molecule has 1 N–H and O–H groups in total. The lowest BCUT2D eigenvalue weighted by molar-refractivity contribution is -0.332. The van der Waals surface area contributed by atoms with Gasteiger partial charge in [0.05, 0.1) is 0 Å². The maximum absolute atomic E-state index is 13.1. The van der Waals surface area contributed by atoms with E-state index in [4.69, 9.17) is 5.11 Å². The Bertz CT molecular complexity index is 263. The molecule has 2 rings (SSSR count). The summed E-state index contributed by atoms with van der Waals surface area (Å²) in [7, 11) is 0. The first-order valence-electron chi connectivity index (χ1n) is 4.03. The number of alkyl halides is 5. The Morgan fingerprint density at radius 2 is 1.64 bits per heavy atom. The van der Waals surface area contributed by atoms with Gasteiger partial charge in [0.2, 0.25) is 0 Å². The van der Waals surface area contributed by atoms with Crippen LogP contribution in [-0.4, -0.2) is 35.0 Å². The standard InChI is InChI=1S/C7H7F5O2/c8-6(9)4-2-1-3(14-4)5(6,13)7(10,11)12/h3-4,13H,1-2H2. The number of ether oxygens (including phenoxy) is 1. The molecule has 82 valence electrons. The van der Waals surface area contributed by atoms with Gasteiger partial charge in [-0.1, -0.05) is 0 Å². The second-order valence-electron chi connectivity index (χ2n) is 3.58. The molecule has 3 unspecified atom stereocenters. The molecule has 0 aliphatic carbocycles. The minimum absolute atomic E-state index is 0.143. The number of hydrogen-bond acceptors (Lipinski definition) is 2. The lowest BCUT2D eigenvalue weighted by atomic mass is 9.81. The first-order chi connectivity index (χ1) is 6.21. The molecule has 2 bridgehead atoms. The van der Waals surface area contributed by atoms with E-state index in [1.165, 1.54) is 0 Å². The van der Waals surface area contributed by atoms with Crippen LogP contribution in [0.2, 0.25) is 0 Å². The molecule has 2 fully saturated rings. The van der Waals surface area contributed by atoms with Gasteiger partial charge in [0.15, 0.2) is 0 Å². The maximum atomic E-state index is 13.1. The van der Waals surface area contributed by atoms with E-state index in [2.05, 4.69) is 4.74 Å². The number of halogens is 5. The van der Waals surface area contributed by atoms with E-state index in [0.717, 1.165) is 0 Å². The lowest BCUT2D eigenvalue weighted by Gasteiger charge is -2.37. The number of rotatable bonds is 0. The third-order valence-corrected chi connectivity index (χ3v) is 2.83. The van der Waals surface area contributed by atoms with Crippen LogP contribution in [0.15, 0.2) is 0 Å². The number of aliphatic hydroxyl groups is 1. The van der Waals surface area contributed by atoms with E-state index in [1.807, 2.05) is 0 Å². The van der Waals surface area contributed by atoms with E-state index in [0.29, 0.717) is 0 Å². The molecule has 2 saturated heterocycles. The molecule has 14 heavy (non-hydrogen) atoms. The van der Waals surface area contributed by atoms with E-state index < -0.39 is 29.9 Å². The van der Waals surface area contributed by atoms with Gasteiger partial charge in [-0.25, -0.2) is 0 Å². The first kappa shape index (κ1) is 10.1. The van der Waals surface area contributed by atoms with Crippen LogP contribution in [-0.2, 0) is 4.74 Å². The van der Waals surface area contributed by atoms with E-state index in [-0.39, 0.29) is 12.8 Å². The van der Waals surface area contributed by atoms with Crippen molar-refractivity contribution in [2.75, 3.05) is 0 Å². The normalized spacial score (nSPS) is 45.9. The summed E-state index contributed by atoms with van der Waals surface area (Å²) in [5.74, 6) is -4.24. The first-order valence-corrected chi connectivity index (χ1v) is 4.03. The molecular formula is C7H7F5O2. The van der Waals surface area contributed by atoms with Gasteiger partial charge >= 0.3 is 12.1 Å². The van der Waals surface area contributed by atoms with Crippen LogP contribution in [0.3, 0.4) is 0 Å². The fourth-order valence-corrected chi connectivity index (χ4v) is 2.04. The molecule has 0 amide bonds. The largest absolute Gasteiger partial charge is 0.425 e. The summed E-state index contributed by atoms with van der Waals surface area (Å²) in [5.41, 5.74) is -4.01. The highest BCUT2D eigenvalue weighted by Gasteiger charge is 2.81. The van der Waals surface area contributed by atoms with Crippen molar-refractivity contribution in [3.05, 3.63) is 0 Å². The van der Waals surface area contributed by atoms with Gasteiger partial charge in [0, 0.05) is 0 Å². The molecule has 0 aromatic rings. The Balaban J connectivity index is 2.44. The molecule has 0 aromatic heterocycles. The lowest BCUT2D eigenvalue weighted by Crippen LogP contribution is -2.64. The van der Waals surface area contributed by atoms with Crippen molar-refractivity contribution >= 4 is 0 Å².